The predicted molar refractivity (Wildman–Crippen MR) is 92.2 cm³/mol. The molecule has 122 valence electrons. The number of methoxy groups -OCH3 is 1. The predicted octanol–water partition coefficient (Wildman–Crippen LogP) is 4.02. The van der Waals surface area contributed by atoms with E-state index < -0.39 is 6.10 Å². The van der Waals surface area contributed by atoms with Crippen LogP contribution in [0.5, 0.6) is 11.5 Å². The lowest BCUT2D eigenvalue weighted by molar-refractivity contribution is 0.0778. The van der Waals surface area contributed by atoms with E-state index >= 15 is 0 Å². The molecule has 2 aromatic rings. The lowest BCUT2D eigenvalue weighted by Crippen LogP contribution is -2.28. The van der Waals surface area contributed by atoms with E-state index in [-0.39, 0.29) is 5.78 Å². The molecule has 0 saturated heterocycles. The smallest absolute Gasteiger partial charge is 0.203 e. The summed E-state index contributed by atoms with van der Waals surface area (Å²) in [5.41, 5.74) is 7.98. The van der Waals surface area contributed by atoms with Crippen molar-refractivity contribution in [2.24, 2.45) is 0 Å². The highest BCUT2D eigenvalue weighted by Crippen LogP contribution is 2.25. The van der Waals surface area contributed by atoms with Crippen molar-refractivity contribution in [2.75, 3.05) is 12.8 Å². The number of nitrogens with two attached hydrogens (primary N) is 1. The number of benzene rings is 2. The molecule has 0 radical (unpaired) electrons. The molecule has 0 spiro atoms. The van der Waals surface area contributed by atoms with Crippen molar-refractivity contribution in [3.8, 4) is 11.5 Å². The van der Waals surface area contributed by atoms with Gasteiger partial charge in [-0.05, 0) is 49.2 Å². The highest BCUT2D eigenvalue weighted by molar-refractivity contribution is 6.01. The molecule has 0 aliphatic rings. The third kappa shape index (κ3) is 4.03. The highest BCUT2D eigenvalue weighted by atomic mass is 16.5. The minimum atomic E-state index is -0.545. The Morgan fingerprint density at radius 1 is 1.22 bits per heavy atom. The summed E-state index contributed by atoms with van der Waals surface area (Å²) in [7, 11) is 1.61. The molecule has 4 heteroatoms. The van der Waals surface area contributed by atoms with Gasteiger partial charge in [0, 0.05) is 5.56 Å². The van der Waals surface area contributed by atoms with Gasteiger partial charge in [0.25, 0.3) is 0 Å². The third-order valence-corrected chi connectivity index (χ3v) is 3.73. The molecule has 0 amide bonds. The van der Waals surface area contributed by atoms with Gasteiger partial charge in [-0.1, -0.05) is 25.5 Å². The van der Waals surface area contributed by atoms with E-state index in [0.717, 1.165) is 17.7 Å². The molecule has 0 fully saturated rings. The Hall–Kier alpha value is -2.49. The average molecular weight is 313 g/mol. The molecular formula is C19H23NO3. The number of nitrogen functional groups attached to an aromatic ring is 1. The molecule has 1 unspecified atom stereocenters. The first-order chi connectivity index (χ1) is 11.1. The van der Waals surface area contributed by atoms with E-state index in [2.05, 4.69) is 0 Å². The van der Waals surface area contributed by atoms with E-state index in [1.807, 2.05) is 32.0 Å². The Morgan fingerprint density at radius 2 is 1.96 bits per heavy atom. The van der Waals surface area contributed by atoms with Crippen LogP contribution in [0.1, 0.15) is 35.7 Å². The number of anilines is 1. The quantitative estimate of drug-likeness (QED) is 0.619. The van der Waals surface area contributed by atoms with Crippen molar-refractivity contribution < 1.29 is 14.3 Å². The first kappa shape index (κ1) is 16.9. The largest absolute Gasteiger partial charge is 0.497 e. The second-order valence-electron chi connectivity index (χ2n) is 5.48. The van der Waals surface area contributed by atoms with E-state index in [4.69, 9.17) is 15.2 Å². The molecule has 2 rings (SSSR count). The summed E-state index contributed by atoms with van der Waals surface area (Å²) in [5.74, 6) is 1.25. The van der Waals surface area contributed by atoms with Gasteiger partial charge in [-0.25, -0.2) is 0 Å². The zero-order valence-corrected chi connectivity index (χ0v) is 13.8. The SMILES string of the molecule is CCCC(Oc1ccccc1N)C(=O)c1ccc(OC)cc1C. The van der Waals surface area contributed by atoms with E-state index in [9.17, 15) is 4.79 Å². The number of hydrogen-bond donors (Lipinski definition) is 1. The molecule has 2 aromatic carbocycles. The number of ether oxygens (including phenoxy) is 2. The van der Waals surface area contributed by atoms with Crippen LogP contribution in [0.15, 0.2) is 42.5 Å². The monoisotopic (exact) mass is 313 g/mol. The second kappa shape index (κ2) is 7.68. The van der Waals surface area contributed by atoms with Crippen LogP contribution >= 0.6 is 0 Å². The molecule has 0 heterocycles. The van der Waals surface area contributed by atoms with Gasteiger partial charge in [0.15, 0.2) is 6.10 Å². The molecule has 1 atom stereocenters. The van der Waals surface area contributed by atoms with Gasteiger partial charge >= 0.3 is 0 Å². The molecular weight excluding hydrogens is 290 g/mol. The number of carbonyl (C=O) groups excluding carboxylic acids is 1. The summed E-state index contributed by atoms with van der Waals surface area (Å²) in [4.78, 5) is 12.9. The minimum absolute atomic E-state index is 0.0322. The fourth-order valence-corrected chi connectivity index (χ4v) is 2.46. The highest BCUT2D eigenvalue weighted by Gasteiger charge is 2.23. The molecule has 2 N–H and O–H groups in total. The van der Waals surface area contributed by atoms with Crippen molar-refractivity contribution >= 4 is 11.5 Å². The van der Waals surface area contributed by atoms with Crippen LogP contribution in [0.4, 0.5) is 5.69 Å². The lowest BCUT2D eigenvalue weighted by Gasteiger charge is -2.19. The molecule has 0 aliphatic heterocycles. The summed E-state index contributed by atoms with van der Waals surface area (Å²) in [6.45, 7) is 3.93. The zero-order valence-electron chi connectivity index (χ0n) is 13.8. The zero-order chi connectivity index (χ0) is 16.8. The van der Waals surface area contributed by atoms with Crippen LogP contribution in [-0.4, -0.2) is 19.0 Å². The minimum Gasteiger partial charge on any atom is -0.497 e. The number of Topliss-reactive ketones (excluding diaryl/α,β-unsaturated/α-hetero) is 1. The van der Waals surface area contributed by atoms with E-state index in [0.29, 0.717) is 23.4 Å². The summed E-state index contributed by atoms with van der Waals surface area (Å²) < 4.78 is 11.1. The van der Waals surface area contributed by atoms with Crippen LogP contribution in [0, 0.1) is 6.92 Å². The number of hydrogen-bond acceptors (Lipinski definition) is 4. The number of rotatable bonds is 7. The Bertz CT molecular complexity index is 682. The van der Waals surface area contributed by atoms with Crippen molar-refractivity contribution in [1.29, 1.82) is 0 Å². The fourth-order valence-electron chi connectivity index (χ4n) is 2.46. The third-order valence-electron chi connectivity index (χ3n) is 3.73. The first-order valence-electron chi connectivity index (χ1n) is 7.76. The van der Waals surface area contributed by atoms with Gasteiger partial charge in [0.2, 0.25) is 5.78 Å². The van der Waals surface area contributed by atoms with Crippen LogP contribution in [0.3, 0.4) is 0 Å². The van der Waals surface area contributed by atoms with Gasteiger partial charge in [-0.2, -0.15) is 0 Å². The van der Waals surface area contributed by atoms with Gasteiger partial charge < -0.3 is 15.2 Å². The van der Waals surface area contributed by atoms with Crippen LogP contribution in [0.2, 0.25) is 0 Å². The van der Waals surface area contributed by atoms with Crippen molar-refractivity contribution in [3.63, 3.8) is 0 Å². The molecule has 0 aromatic heterocycles. The topological polar surface area (TPSA) is 61.5 Å². The Morgan fingerprint density at radius 3 is 2.57 bits per heavy atom. The Balaban J connectivity index is 2.26. The molecule has 4 nitrogen and oxygen atoms in total. The standard InChI is InChI=1S/C19H23NO3/c1-4-7-18(23-17-9-6-5-8-16(17)20)19(21)15-11-10-14(22-3)12-13(15)2/h5-6,8-12,18H,4,7,20H2,1-3H3. The Labute approximate surface area is 137 Å². The van der Waals surface area contributed by atoms with E-state index in [1.54, 1.807) is 31.4 Å². The lowest BCUT2D eigenvalue weighted by atomic mass is 9.98. The maximum Gasteiger partial charge on any atom is 0.203 e. The average Bonchev–Trinajstić information content (AvgIpc) is 2.55. The first-order valence-corrected chi connectivity index (χ1v) is 7.76. The van der Waals surface area contributed by atoms with Crippen LogP contribution in [0.25, 0.3) is 0 Å². The van der Waals surface area contributed by atoms with E-state index in [1.165, 1.54) is 0 Å². The van der Waals surface area contributed by atoms with Gasteiger partial charge in [-0.15, -0.1) is 0 Å². The van der Waals surface area contributed by atoms with Crippen molar-refractivity contribution in [3.05, 3.63) is 53.6 Å². The normalized spacial score (nSPS) is 11.8. The van der Waals surface area contributed by atoms with Crippen molar-refractivity contribution in [2.45, 2.75) is 32.8 Å². The number of aryl methyl sites for hydroxylation is 1. The number of para-hydroxylation sites is 2. The Kier molecular flexibility index (Phi) is 5.63. The molecule has 0 aliphatic carbocycles. The van der Waals surface area contributed by atoms with Crippen molar-refractivity contribution in [1.82, 2.24) is 0 Å². The summed E-state index contributed by atoms with van der Waals surface area (Å²) in [6, 6.07) is 12.7. The number of ketones is 1. The van der Waals surface area contributed by atoms with Gasteiger partial charge in [-0.3, -0.25) is 4.79 Å². The van der Waals surface area contributed by atoms with Crippen LogP contribution < -0.4 is 15.2 Å². The second-order valence-corrected chi connectivity index (χ2v) is 5.48. The molecule has 0 bridgehead atoms. The summed E-state index contributed by atoms with van der Waals surface area (Å²) >= 11 is 0. The van der Waals surface area contributed by atoms with Gasteiger partial charge in [0.1, 0.15) is 11.5 Å². The maximum atomic E-state index is 12.9. The van der Waals surface area contributed by atoms with Gasteiger partial charge in [0.05, 0.1) is 12.8 Å². The molecule has 0 saturated carbocycles. The number of carbonyl (C=O) groups is 1. The summed E-state index contributed by atoms with van der Waals surface area (Å²) in [6.07, 6.45) is 0.938. The van der Waals surface area contributed by atoms with Crippen LogP contribution in [-0.2, 0) is 0 Å². The molecule has 23 heavy (non-hydrogen) atoms. The summed E-state index contributed by atoms with van der Waals surface area (Å²) in [5, 5.41) is 0. The fraction of sp³-hybridized carbons (Fsp3) is 0.316. The maximum absolute atomic E-state index is 12.9.